The average molecular weight is 371 g/mol. The van der Waals surface area contributed by atoms with E-state index in [0.29, 0.717) is 19.8 Å². The van der Waals surface area contributed by atoms with Crippen molar-refractivity contribution < 1.29 is 9.47 Å². The van der Waals surface area contributed by atoms with E-state index in [1.54, 1.807) is 7.05 Å². The first-order valence-corrected chi connectivity index (χ1v) is 9.45. The fourth-order valence-electron chi connectivity index (χ4n) is 2.99. The van der Waals surface area contributed by atoms with E-state index in [2.05, 4.69) is 56.4 Å². The molecule has 2 heterocycles. The van der Waals surface area contributed by atoms with Crippen LogP contribution in [0.3, 0.4) is 0 Å². The number of hydrogen-bond donors (Lipinski definition) is 2. The number of aliphatic imine (C=N–C) groups is 1. The Kier molecular flexibility index (Phi) is 7.24. The molecule has 0 bridgehead atoms. The predicted molar refractivity (Wildman–Crippen MR) is 106 cm³/mol. The van der Waals surface area contributed by atoms with Crippen molar-refractivity contribution >= 4 is 5.96 Å². The number of guanidine groups is 1. The first kappa shape index (κ1) is 19.4. The summed E-state index contributed by atoms with van der Waals surface area (Å²) in [6, 6.07) is 10.5. The second-order valence-corrected chi connectivity index (χ2v) is 6.75. The maximum absolute atomic E-state index is 5.86. The maximum Gasteiger partial charge on any atom is 0.191 e. The van der Waals surface area contributed by atoms with E-state index in [9.17, 15) is 0 Å². The van der Waals surface area contributed by atoms with E-state index in [-0.39, 0.29) is 12.1 Å². The monoisotopic (exact) mass is 371 g/mol. The Bertz CT molecular complexity index is 710. The summed E-state index contributed by atoms with van der Waals surface area (Å²) in [6.45, 7) is 5.60. The van der Waals surface area contributed by atoms with Gasteiger partial charge in [0, 0.05) is 38.6 Å². The van der Waals surface area contributed by atoms with Gasteiger partial charge in [0.1, 0.15) is 5.82 Å². The van der Waals surface area contributed by atoms with Gasteiger partial charge in [-0.3, -0.25) is 4.99 Å². The lowest BCUT2D eigenvalue weighted by Crippen LogP contribution is -2.44. The van der Waals surface area contributed by atoms with Gasteiger partial charge in [-0.2, -0.15) is 0 Å². The van der Waals surface area contributed by atoms with Crippen molar-refractivity contribution in [3.63, 3.8) is 0 Å². The van der Waals surface area contributed by atoms with Crippen LogP contribution in [0.25, 0.3) is 0 Å². The van der Waals surface area contributed by atoms with Gasteiger partial charge in [0.25, 0.3) is 0 Å². The van der Waals surface area contributed by atoms with Crippen molar-refractivity contribution in [3.8, 4) is 0 Å². The molecule has 1 aromatic carbocycles. The molecule has 27 heavy (non-hydrogen) atoms. The minimum absolute atomic E-state index is 0.154. The molecule has 1 aliphatic rings. The van der Waals surface area contributed by atoms with Crippen LogP contribution in [0.2, 0.25) is 0 Å². The van der Waals surface area contributed by atoms with Crippen LogP contribution in [0.15, 0.2) is 47.7 Å². The predicted octanol–water partition coefficient (Wildman–Crippen LogP) is 1.79. The van der Waals surface area contributed by atoms with Crippen molar-refractivity contribution in [2.75, 3.05) is 26.9 Å². The standard InChI is InChI=1S/C20H29N5O2/c1-16(14-27-18-8-11-26-15-18)24-20(21-2)23-12-19-22-9-10-25(19)13-17-6-4-3-5-7-17/h3-7,9-10,16,18H,8,11-15H2,1-2H3,(H2,21,23,24). The number of benzene rings is 1. The highest BCUT2D eigenvalue weighted by molar-refractivity contribution is 5.79. The maximum atomic E-state index is 5.86. The summed E-state index contributed by atoms with van der Waals surface area (Å²) >= 11 is 0. The van der Waals surface area contributed by atoms with Crippen LogP contribution in [0, 0.1) is 0 Å². The number of nitrogens with one attached hydrogen (secondary N) is 2. The van der Waals surface area contributed by atoms with Gasteiger partial charge in [-0.05, 0) is 18.9 Å². The normalized spacial score (nSPS) is 18.4. The topological polar surface area (TPSA) is 72.7 Å². The molecule has 1 aromatic heterocycles. The van der Waals surface area contributed by atoms with Crippen molar-refractivity contribution in [2.45, 2.75) is 38.6 Å². The number of nitrogens with zero attached hydrogens (tertiary/aromatic N) is 3. The zero-order valence-corrected chi connectivity index (χ0v) is 16.1. The first-order valence-electron chi connectivity index (χ1n) is 9.45. The van der Waals surface area contributed by atoms with Crippen LogP contribution in [-0.4, -0.2) is 54.5 Å². The van der Waals surface area contributed by atoms with E-state index >= 15 is 0 Å². The highest BCUT2D eigenvalue weighted by Gasteiger charge is 2.17. The van der Waals surface area contributed by atoms with Crippen LogP contribution < -0.4 is 10.6 Å². The molecule has 2 aromatic rings. The van der Waals surface area contributed by atoms with E-state index in [1.165, 1.54) is 5.56 Å². The molecule has 1 saturated heterocycles. The Morgan fingerprint density at radius 3 is 3.00 bits per heavy atom. The van der Waals surface area contributed by atoms with Crippen molar-refractivity contribution in [1.82, 2.24) is 20.2 Å². The quantitative estimate of drug-likeness (QED) is 0.547. The third-order valence-electron chi connectivity index (χ3n) is 4.49. The number of rotatable bonds is 8. The lowest BCUT2D eigenvalue weighted by Gasteiger charge is -2.19. The van der Waals surface area contributed by atoms with E-state index in [4.69, 9.17) is 9.47 Å². The zero-order valence-electron chi connectivity index (χ0n) is 16.1. The molecule has 2 N–H and O–H groups in total. The van der Waals surface area contributed by atoms with E-state index < -0.39 is 0 Å². The van der Waals surface area contributed by atoms with Crippen LogP contribution in [0.4, 0.5) is 0 Å². The van der Waals surface area contributed by atoms with Gasteiger partial charge in [-0.1, -0.05) is 30.3 Å². The number of ether oxygens (including phenoxy) is 2. The molecule has 3 rings (SSSR count). The summed E-state index contributed by atoms with van der Waals surface area (Å²) in [7, 11) is 1.77. The molecule has 2 unspecified atom stereocenters. The summed E-state index contributed by atoms with van der Waals surface area (Å²) in [5.41, 5.74) is 1.25. The molecule has 0 aliphatic carbocycles. The third kappa shape index (κ3) is 6.08. The zero-order chi connectivity index (χ0) is 18.9. The second kappa shape index (κ2) is 10.1. The molecule has 2 atom stereocenters. The lowest BCUT2D eigenvalue weighted by atomic mass is 10.2. The number of aromatic nitrogens is 2. The summed E-state index contributed by atoms with van der Waals surface area (Å²) in [5, 5.41) is 6.69. The molecule has 7 heteroatoms. The molecule has 7 nitrogen and oxygen atoms in total. The molecule has 0 radical (unpaired) electrons. The average Bonchev–Trinajstić information content (AvgIpc) is 3.36. The summed E-state index contributed by atoms with van der Waals surface area (Å²) in [6.07, 6.45) is 5.02. The molecular formula is C20H29N5O2. The van der Waals surface area contributed by atoms with Gasteiger partial charge < -0.3 is 24.7 Å². The highest BCUT2D eigenvalue weighted by atomic mass is 16.5. The number of imidazole rings is 1. The molecule has 146 valence electrons. The fourth-order valence-corrected chi connectivity index (χ4v) is 2.99. The molecule has 0 saturated carbocycles. The molecular weight excluding hydrogens is 342 g/mol. The smallest absolute Gasteiger partial charge is 0.191 e. The van der Waals surface area contributed by atoms with Crippen molar-refractivity contribution in [1.29, 1.82) is 0 Å². The van der Waals surface area contributed by atoms with Gasteiger partial charge in [0.05, 0.1) is 25.9 Å². The van der Waals surface area contributed by atoms with Crippen LogP contribution >= 0.6 is 0 Å². The Morgan fingerprint density at radius 1 is 1.41 bits per heavy atom. The van der Waals surface area contributed by atoms with Gasteiger partial charge >= 0.3 is 0 Å². The van der Waals surface area contributed by atoms with Gasteiger partial charge in [-0.15, -0.1) is 0 Å². The van der Waals surface area contributed by atoms with Crippen molar-refractivity contribution in [3.05, 3.63) is 54.1 Å². The van der Waals surface area contributed by atoms with E-state index in [0.717, 1.165) is 31.4 Å². The summed E-state index contributed by atoms with van der Waals surface area (Å²) < 4.78 is 13.3. The van der Waals surface area contributed by atoms with Gasteiger partial charge in [0.2, 0.25) is 0 Å². The molecule has 0 spiro atoms. The Hall–Kier alpha value is -2.38. The largest absolute Gasteiger partial charge is 0.379 e. The molecule has 0 amide bonds. The minimum atomic E-state index is 0.154. The highest BCUT2D eigenvalue weighted by Crippen LogP contribution is 2.08. The Balaban J connectivity index is 1.46. The SMILES string of the molecule is CN=C(NCc1nccn1Cc1ccccc1)NC(C)COC1CCOC1. The first-order chi connectivity index (χ1) is 13.2. The van der Waals surface area contributed by atoms with E-state index in [1.807, 2.05) is 18.5 Å². The fraction of sp³-hybridized carbons (Fsp3) is 0.500. The second-order valence-electron chi connectivity index (χ2n) is 6.75. The van der Waals surface area contributed by atoms with Gasteiger partial charge in [-0.25, -0.2) is 4.98 Å². The lowest BCUT2D eigenvalue weighted by molar-refractivity contribution is 0.0347. The molecule has 1 aliphatic heterocycles. The minimum Gasteiger partial charge on any atom is -0.379 e. The Morgan fingerprint density at radius 2 is 2.26 bits per heavy atom. The van der Waals surface area contributed by atoms with Crippen LogP contribution in [0.1, 0.15) is 24.7 Å². The molecule has 1 fully saturated rings. The van der Waals surface area contributed by atoms with Crippen LogP contribution in [0.5, 0.6) is 0 Å². The van der Waals surface area contributed by atoms with Gasteiger partial charge in [0.15, 0.2) is 5.96 Å². The van der Waals surface area contributed by atoms with Crippen molar-refractivity contribution in [2.24, 2.45) is 4.99 Å². The Labute approximate surface area is 160 Å². The third-order valence-corrected chi connectivity index (χ3v) is 4.49. The summed E-state index contributed by atoms with van der Waals surface area (Å²) in [4.78, 5) is 8.76. The summed E-state index contributed by atoms with van der Waals surface area (Å²) in [5.74, 6) is 1.71. The van der Waals surface area contributed by atoms with Crippen LogP contribution in [-0.2, 0) is 22.6 Å². The number of hydrogen-bond acceptors (Lipinski definition) is 4.